The molecular weight excluding hydrogens is 260 g/mol. The molecule has 0 spiro atoms. The van der Waals surface area contributed by atoms with Gasteiger partial charge < -0.3 is 5.32 Å². The van der Waals surface area contributed by atoms with E-state index in [0.29, 0.717) is 6.07 Å². The van der Waals surface area contributed by atoms with E-state index in [2.05, 4.69) is 5.32 Å². The van der Waals surface area contributed by atoms with Crippen LogP contribution in [0.15, 0.2) is 18.2 Å². The Labute approximate surface area is 98.8 Å². The summed E-state index contributed by atoms with van der Waals surface area (Å²) in [4.78, 5) is 0. The van der Waals surface area contributed by atoms with Crippen molar-refractivity contribution in [2.45, 2.75) is 24.7 Å². The highest BCUT2D eigenvalue weighted by molar-refractivity contribution is 5.57. The van der Waals surface area contributed by atoms with E-state index in [1.165, 1.54) is 0 Å². The van der Waals surface area contributed by atoms with E-state index in [-0.39, 0.29) is 24.2 Å². The van der Waals surface area contributed by atoms with Crippen molar-refractivity contribution < 1.29 is 26.3 Å². The summed E-state index contributed by atoms with van der Waals surface area (Å²) in [6.45, 7) is 0.0997. The van der Waals surface area contributed by atoms with Crippen LogP contribution < -0.4 is 5.32 Å². The maximum atomic E-state index is 12.7. The van der Waals surface area contributed by atoms with Gasteiger partial charge in [-0.25, -0.2) is 0 Å². The lowest BCUT2D eigenvalue weighted by molar-refractivity contribution is -0.152. The van der Waals surface area contributed by atoms with Crippen LogP contribution in [0.3, 0.4) is 0 Å². The molecule has 1 N–H and O–H groups in total. The highest BCUT2D eigenvalue weighted by atomic mass is 19.4. The lowest BCUT2D eigenvalue weighted by Crippen LogP contribution is -2.28. The van der Waals surface area contributed by atoms with Gasteiger partial charge in [-0.1, -0.05) is 0 Å². The van der Waals surface area contributed by atoms with Crippen molar-refractivity contribution in [1.82, 2.24) is 0 Å². The number of alkyl halides is 6. The van der Waals surface area contributed by atoms with Crippen molar-refractivity contribution in [2.75, 3.05) is 11.9 Å². The molecule has 0 aromatic heterocycles. The van der Waals surface area contributed by atoms with Gasteiger partial charge in [0.25, 0.3) is 0 Å². The zero-order chi connectivity index (χ0) is 13.6. The monoisotopic (exact) mass is 269 g/mol. The lowest BCUT2D eigenvalue weighted by Gasteiger charge is -2.29. The fourth-order valence-corrected chi connectivity index (χ4v) is 2.04. The van der Waals surface area contributed by atoms with Crippen molar-refractivity contribution in [3.05, 3.63) is 29.3 Å². The molecule has 0 radical (unpaired) electrons. The minimum atomic E-state index is -4.64. The first-order valence-electron chi connectivity index (χ1n) is 5.21. The van der Waals surface area contributed by atoms with E-state index in [4.69, 9.17) is 0 Å². The first-order valence-corrected chi connectivity index (χ1v) is 5.21. The summed E-state index contributed by atoms with van der Waals surface area (Å²) in [5.41, 5.74) is -1.26. The zero-order valence-electron chi connectivity index (χ0n) is 8.99. The Hall–Kier alpha value is -1.40. The number of rotatable bonds is 0. The van der Waals surface area contributed by atoms with Gasteiger partial charge in [-0.2, -0.15) is 26.3 Å². The molecule has 0 fully saturated rings. The second kappa shape index (κ2) is 4.07. The summed E-state index contributed by atoms with van der Waals surface area (Å²) in [7, 11) is 0. The molecule has 1 aromatic carbocycles. The summed E-state index contributed by atoms with van der Waals surface area (Å²) in [5.74, 6) is -1.84. The molecule has 1 aliphatic rings. The number of hydrogen-bond donors (Lipinski definition) is 1. The summed E-state index contributed by atoms with van der Waals surface area (Å²) in [6.07, 6.45) is -9.42. The number of anilines is 1. The van der Waals surface area contributed by atoms with Gasteiger partial charge in [0.15, 0.2) is 0 Å². The number of halogens is 6. The van der Waals surface area contributed by atoms with Crippen LogP contribution in [0.25, 0.3) is 0 Å². The molecule has 1 unspecified atom stereocenters. The standard InChI is InChI=1S/C11H9F6N/c12-10(13,14)6-1-2-9-7(5-6)8(3-4-18-9)11(15,16)17/h1-2,5,8,18H,3-4H2. The van der Waals surface area contributed by atoms with E-state index in [1.807, 2.05) is 0 Å². The smallest absolute Gasteiger partial charge is 0.385 e. The molecule has 0 amide bonds. The van der Waals surface area contributed by atoms with Gasteiger partial charge in [0.2, 0.25) is 0 Å². The predicted octanol–water partition coefficient (Wildman–Crippen LogP) is 4.17. The van der Waals surface area contributed by atoms with Gasteiger partial charge in [0, 0.05) is 12.2 Å². The molecule has 1 aliphatic heterocycles. The Bertz CT molecular complexity index is 448. The van der Waals surface area contributed by atoms with E-state index in [9.17, 15) is 26.3 Å². The first kappa shape index (κ1) is 13.0. The minimum absolute atomic E-state index is 0.0997. The maximum Gasteiger partial charge on any atom is 0.416 e. The third-order valence-electron chi connectivity index (χ3n) is 2.90. The molecular formula is C11H9F6N. The quantitative estimate of drug-likeness (QED) is 0.697. The van der Waals surface area contributed by atoms with Crippen LogP contribution in [0.5, 0.6) is 0 Å². The van der Waals surface area contributed by atoms with Crippen LogP contribution in [0.2, 0.25) is 0 Å². The molecule has 1 nitrogen and oxygen atoms in total. The van der Waals surface area contributed by atoms with E-state index >= 15 is 0 Å². The fraction of sp³-hybridized carbons (Fsp3) is 0.455. The molecule has 1 atom stereocenters. The highest BCUT2D eigenvalue weighted by Gasteiger charge is 2.44. The van der Waals surface area contributed by atoms with Gasteiger partial charge in [0.05, 0.1) is 11.5 Å². The van der Waals surface area contributed by atoms with Crippen molar-refractivity contribution in [1.29, 1.82) is 0 Å². The zero-order valence-corrected chi connectivity index (χ0v) is 8.99. The van der Waals surface area contributed by atoms with Crippen LogP contribution in [0.4, 0.5) is 32.0 Å². The van der Waals surface area contributed by atoms with E-state index < -0.39 is 23.8 Å². The predicted molar refractivity (Wildman–Crippen MR) is 53.3 cm³/mol. The summed E-state index contributed by atoms with van der Waals surface area (Å²) in [6, 6.07) is 2.42. The lowest BCUT2D eigenvalue weighted by atomic mass is 9.89. The van der Waals surface area contributed by atoms with Gasteiger partial charge in [-0.3, -0.25) is 0 Å². The molecule has 0 bridgehead atoms. The van der Waals surface area contributed by atoms with E-state index in [0.717, 1.165) is 12.1 Å². The maximum absolute atomic E-state index is 12.7. The third-order valence-corrected chi connectivity index (χ3v) is 2.90. The van der Waals surface area contributed by atoms with Crippen molar-refractivity contribution in [2.24, 2.45) is 0 Å². The second-order valence-corrected chi connectivity index (χ2v) is 4.11. The van der Waals surface area contributed by atoms with Crippen molar-refractivity contribution >= 4 is 5.69 Å². The Balaban J connectivity index is 2.48. The van der Waals surface area contributed by atoms with Crippen molar-refractivity contribution in [3.63, 3.8) is 0 Å². The average molecular weight is 269 g/mol. The van der Waals surface area contributed by atoms with Crippen LogP contribution in [0.1, 0.15) is 23.5 Å². The Morgan fingerprint density at radius 2 is 1.72 bits per heavy atom. The molecule has 1 aromatic rings. The van der Waals surface area contributed by atoms with Gasteiger partial charge in [-0.05, 0) is 30.2 Å². The first-order chi connectivity index (χ1) is 8.19. The van der Waals surface area contributed by atoms with Gasteiger partial charge in [0.1, 0.15) is 0 Å². The SMILES string of the molecule is FC(F)(F)c1ccc2c(c1)C(C(F)(F)F)CCN2. The molecule has 2 rings (SSSR count). The molecule has 0 saturated carbocycles. The fourth-order valence-electron chi connectivity index (χ4n) is 2.04. The summed E-state index contributed by atoms with van der Waals surface area (Å²) < 4.78 is 75.7. The highest BCUT2D eigenvalue weighted by Crippen LogP contribution is 2.44. The summed E-state index contributed by atoms with van der Waals surface area (Å²) in [5, 5.41) is 2.68. The van der Waals surface area contributed by atoms with E-state index in [1.54, 1.807) is 0 Å². The molecule has 100 valence electrons. The number of benzene rings is 1. The Morgan fingerprint density at radius 1 is 1.06 bits per heavy atom. The van der Waals surface area contributed by atoms with Crippen LogP contribution in [-0.4, -0.2) is 12.7 Å². The van der Waals surface area contributed by atoms with Crippen molar-refractivity contribution in [3.8, 4) is 0 Å². The molecule has 18 heavy (non-hydrogen) atoms. The third kappa shape index (κ3) is 2.39. The number of nitrogens with one attached hydrogen (secondary N) is 1. The van der Waals surface area contributed by atoms with Gasteiger partial charge in [-0.15, -0.1) is 0 Å². The molecule has 1 heterocycles. The Kier molecular flexibility index (Phi) is 2.95. The molecule has 0 saturated heterocycles. The molecule has 0 aliphatic carbocycles. The number of fused-ring (bicyclic) bond motifs is 1. The topological polar surface area (TPSA) is 12.0 Å². The molecule has 7 heteroatoms. The average Bonchev–Trinajstić information content (AvgIpc) is 2.25. The van der Waals surface area contributed by atoms with Crippen LogP contribution in [0, 0.1) is 0 Å². The van der Waals surface area contributed by atoms with Crippen LogP contribution >= 0.6 is 0 Å². The Morgan fingerprint density at radius 3 is 2.28 bits per heavy atom. The largest absolute Gasteiger partial charge is 0.416 e. The van der Waals surface area contributed by atoms with Crippen LogP contribution in [-0.2, 0) is 6.18 Å². The normalized spacial score (nSPS) is 20.2. The van der Waals surface area contributed by atoms with Gasteiger partial charge >= 0.3 is 12.4 Å². The number of hydrogen-bond acceptors (Lipinski definition) is 1. The summed E-state index contributed by atoms with van der Waals surface area (Å²) >= 11 is 0. The second-order valence-electron chi connectivity index (χ2n) is 4.11. The minimum Gasteiger partial charge on any atom is -0.385 e.